The lowest BCUT2D eigenvalue weighted by molar-refractivity contribution is -0.137. The molecule has 2 aromatic carbocycles. The maximum atomic E-state index is 13.1. The van der Waals surface area contributed by atoms with Gasteiger partial charge in [0.2, 0.25) is 0 Å². The number of aryl methyl sites for hydroxylation is 1. The first-order valence-corrected chi connectivity index (χ1v) is 9.32. The number of halogens is 1. The summed E-state index contributed by atoms with van der Waals surface area (Å²) in [4.78, 5) is 23.7. The van der Waals surface area contributed by atoms with Gasteiger partial charge in [-0.3, -0.25) is 9.59 Å². The van der Waals surface area contributed by atoms with Crippen molar-refractivity contribution in [2.45, 2.75) is 25.8 Å². The molecule has 0 fully saturated rings. The number of hydrogen-bond acceptors (Lipinski definition) is 4. The minimum atomic E-state index is -0.845. The van der Waals surface area contributed by atoms with Gasteiger partial charge in [-0.1, -0.05) is 23.7 Å². The topological polar surface area (TPSA) is 85.3 Å². The van der Waals surface area contributed by atoms with E-state index in [0.29, 0.717) is 47.0 Å². The number of para-hydroxylation sites is 1. The van der Waals surface area contributed by atoms with Crippen molar-refractivity contribution in [2.75, 3.05) is 0 Å². The molecule has 0 atom stereocenters. The molecule has 7 heteroatoms. The van der Waals surface area contributed by atoms with Crippen LogP contribution in [-0.4, -0.2) is 20.9 Å². The molecular weight excluding hydrogens is 380 g/mol. The Balaban J connectivity index is 1.85. The van der Waals surface area contributed by atoms with Crippen molar-refractivity contribution in [1.82, 2.24) is 9.78 Å². The number of benzene rings is 2. The average Bonchev–Trinajstić information content (AvgIpc) is 3.02. The molecule has 6 nitrogen and oxygen atoms in total. The third-order valence-electron chi connectivity index (χ3n) is 4.60. The van der Waals surface area contributed by atoms with Gasteiger partial charge in [-0.2, -0.15) is 5.10 Å². The van der Waals surface area contributed by atoms with Crippen molar-refractivity contribution in [3.63, 3.8) is 0 Å². The van der Waals surface area contributed by atoms with Crippen LogP contribution in [0.1, 0.15) is 19.3 Å². The number of nitrogens with zero attached hydrogens (tertiary/aromatic N) is 2. The number of aromatic nitrogens is 2. The van der Waals surface area contributed by atoms with E-state index in [4.69, 9.17) is 21.1 Å². The summed E-state index contributed by atoms with van der Waals surface area (Å²) in [6, 6.07) is 14.5. The Hall–Kier alpha value is -3.12. The molecule has 4 rings (SSSR count). The number of carbonyl (C=O) groups is 1. The van der Waals surface area contributed by atoms with E-state index in [1.807, 2.05) is 24.3 Å². The smallest absolute Gasteiger partial charge is 0.303 e. The van der Waals surface area contributed by atoms with Gasteiger partial charge in [0.1, 0.15) is 22.6 Å². The number of carboxylic acids is 1. The first-order valence-electron chi connectivity index (χ1n) is 8.94. The van der Waals surface area contributed by atoms with Crippen LogP contribution in [0.5, 0.6) is 0 Å². The second kappa shape index (κ2) is 7.48. The van der Waals surface area contributed by atoms with Crippen molar-refractivity contribution in [2.24, 2.45) is 0 Å². The van der Waals surface area contributed by atoms with E-state index in [0.717, 1.165) is 10.9 Å². The predicted octanol–water partition coefficient (Wildman–Crippen LogP) is 4.67. The van der Waals surface area contributed by atoms with Crippen molar-refractivity contribution < 1.29 is 14.3 Å². The number of carboxylic acid groups (broad SMARTS) is 1. The van der Waals surface area contributed by atoms with Crippen LogP contribution >= 0.6 is 11.6 Å². The van der Waals surface area contributed by atoms with Crippen molar-refractivity contribution in [3.05, 3.63) is 63.9 Å². The summed E-state index contributed by atoms with van der Waals surface area (Å²) in [7, 11) is 0. The third kappa shape index (κ3) is 3.39. The molecule has 0 spiro atoms. The van der Waals surface area contributed by atoms with Crippen LogP contribution in [0.4, 0.5) is 0 Å². The maximum Gasteiger partial charge on any atom is 0.303 e. The Kier molecular flexibility index (Phi) is 4.88. The summed E-state index contributed by atoms with van der Waals surface area (Å²) in [5.41, 5.74) is 2.12. The second-order valence-electron chi connectivity index (χ2n) is 6.54. The number of hydrogen-bond donors (Lipinski definition) is 1. The molecular formula is C21H17ClN2O4. The number of fused-ring (bicyclic) bond motifs is 3. The molecule has 0 bridgehead atoms. The zero-order valence-electron chi connectivity index (χ0n) is 14.9. The van der Waals surface area contributed by atoms with E-state index in [1.165, 1.54) is 4.68 Å². The lowest BCUT2D eigenvalue weighted by Gasteiger charge is -2.08. The largest absolute Gasteiger partial charge is 0.481 e. The maximum absolute atomic E-state index is 13.1. The Morgan fingerprint density at radius 1 is 1.11 bits per heavy atom. The highest BCUT2D eigenvalue weighted by Crippen LogP contribution is 2.37. The molecule has 0 radical (unpaired) electrons. The molecule has 142 valence electrons. The van der Waals surface area contributed by atoms with Crippen LogP contribution in [0.2, 0.25) is 5.02 Å². The number of rotatable bonds is 6. The predicted molar refractivity (Wildman–Crippen MR) is 107 cm³/mol. The molecule has 0 amide bonds. The fourth-order valence-corrected chi connectivity index (χ4v) is 3.37. The molecule has 0 aromatic heterocycles. The Morgan fingerprint density at radius 3 is 2.61 bits per heavy atom. The quantitative estimate of drug-likeness (QED) is 0.479. The van der Waals surface area contributed by atoms with Crippen LogP contribution in [-0.2, 0) is 11.3 Å². The highest BCUT2D eigenvalue weighted by molar-refractivity contribution is 6.30. The summed E-state index contributed by atoms with van der Waals surface area (Å²) in [5.74, 6) is -0.394. The van der Waals surface area contributed by atoms with E-state index in [2.05, 4.69) is 5.10 Å². The van der Waals surface area contributed by atoms with Gasteiger partial charge in [-0.25, -0.2) is 4.68 Å². The molecule has 2 heterocycles. The van der Waals surface area contributed by atoms with Gasteiger partial charge < -0.3 is 9.52 Å². The monoisotopic (exact) mass is 396 g/mol. The highest BCUT2D eigenvalue weighted by Gasteiger charge is 2.25. The molecule has 0 saturated carbocycles. The van der Waals surface area contributed by atoms with Gasteiger partial charge in [-0.05, 0) is 49.2 Å². The lowest BCUT2D eigenvalue weighted by atomic mass is 10.0. The molecule has 0 saturated heterocycles. The number of aliphatic carboxylic acids is 1. The minimum absolute atomic E-state index is 0.0727. The summed E-state index contributed by atoms with van der Waals surface area (Å²) in [6.45, 7) is 0.356. The number of unbranched alkanes of at least 4 members (excludes halogenated alkanes) is 1. The Morgan fingerprint density at radius 2 is 1.86 bits per heavy atom. The van der Waals surface area contributed by atoms with E-state index in [-0.39, 0.29) is 12.0 Å². The first-order chi connectivity index (χ1) is 13.5. The fourth-order valence-electron chi connectivity index (χ4n) is 3.25. The molecule has 0 unspecified atom stereocenters. The normalized spacial score (nSPS) is 11.3. The lowest BCUT2D eigenvalue weighted by Crippen LogP contribution is -2.17. The van der Waals surface area contributed by atoms with E-state index < -0.39 is 5.97 Å². The molecule has 0 aliphatic carbocycles. The summed E-state index contributed by atoms with van der Waals surface area (Å²) in [5, 5.41) is 14.7. The molecule has 2 aromatic rings. The van der Waals surface area contributed by atoms with Crippen LogP contribution < -0.4 is 5.56 Å². The van der Waals surface area contributed by atoms with Crippen LogP contribution in [0.25, 0.3) is 33.6 Å². The van der Waals surface area contributed by atoms with Crippen molar-refractivity contribution in [1.29, 1.82) is 0 Å². The van der Waals surface area contributed by atoms with Gasteiger partial charge in [0.15, 0.2) is 0 Å². The summed E-state index contributed by atoms with van der Waals surface area (Å²) < 4.78 is 7.47. The van der Waals surface area contributed by atoms with Crippen LogP contribution in [0.15, 0.2) is 57.7 Å². The van der Waals surface area contributed by atoms with E-state index in [9.17, 15) is 9.59 Å². The first kappa shape index (κ1) is 18.3. The molecule has 28 heavy (non-hydrogen) atoms. The van der Waals surface area contributed by atoms with Gasteiger partial charge in [-0.15, -0.1) is 0 Å². The second-order valence-corrected chi connectivity index (χ2v) is 6.97. The third-order valence-corrected chi connectivity index (χ3v) is 4.86. The van der Waals surface area contributed by atoms with Gasteiger partial charge >= 0.3 is 5.97 Å². The summed E-state index contributed by atoms with van der Waals surface area (Å²) >= 11 is 5.99. The SMILES string of the molecule is O=C(O)CCCCn1nc2c3ccccc3oc(-c3ccc(Cl)cc3)c-2c1=O. The highest BCUT2D eigenvalue weighted by atomic mass is 35.5. The molecule has 2 aliphatic rings. The van der Waals surface area contributed by atoms with Crippen molar-refractivity contribution >= 4 is 28.5 Å². The molecule has 2 aliphatic heterocycles. The summed E-state index contributed by atoms with van der Waals surface area (Å²) in [6.07, 6.45) is 1.12. The van der Waals surface area contributed by atoms with Gasteiger partial charge in [0.25, 0.3) is 5.56 Å². The fraction of sp³-hybridized carbons (Fsp3) is 0.190. The zero-order valence-corrected chi connectivity index (χ0v) is 15.6. The standard InChI is InChI=1S/C21H17ClN2O4/c22-14-10-8-13(9-11-14)20-18-19(15-5-1-2-6-16(15)28-20)23-24(21(18)27)12-4-3-7-17(25)26/h1-2,5-6,8-11H,3-4,7,12H2,(H,25,26). The zero-order chi connectivity index (χ0) is 19.7. The van der Waals surface area contributed by atoms with Crippen molar-refractivity contribution in [3.8, 4) is 22.6 Å². The van der Waals surface area contributed by atoms with Crippen LogP contribution in [0, 0.1) is 0 Å². The average molecular weight is 397 g/mol. The molecule has 1 N–H and O–H groups in total. The van der Waals surface area contributed by atoms with Crippen LogP contribution in [0.3, 0.4) is 0 Å². The minimum Gasteiger partial charge on any atom is -0.481 e. The van der Waals surface area contributed by atoms with E-state index in [1.54, 1.807) is 24.3 Å². The van der Waals surface area contributed by atoms with Gasteiger partial charge in [0, 0.05) is 28.9 Å². The van der Waals surface area contributed by atoms with E-state index >= 15 is 0 Å². The van der Waals surface area contributed by atoms with Gasteiger partial charge in [0.05, 0.1) is 0 Å². The Bertz CT molecular complexity index is 1180. The Labute approximate surface area is 165 Å².